The van der Waals surface area contributed by atoms with Crippen LogP contribution >= 0.6 is 0 Å². The summed E-state index contributed by atoms with van der Waals surface area (Å²) in [5.41, 5.74) is 9.98. The molecule has 0 bridgehead atoms. The number of nitrogens with two attached hydrogens (primary N) is 2. The number of unbranched alkanes of at least 4 members (excludes halogenated alkanes) is 1. The minimum absolute atomic E-state index is 0.0356. The number of rotatable bonds is 7. The molecule has 0 radical (unpaired) electrons. The number of aromatic nitrogens is 4. The number of primary sulfonamides is 1. The molecule has 0 amide bonds. The first kappa shape index (κ1) is 22.2. The van der Waals surface area contributed by atoms with E-state index in [9.17, 15) is 8.42 Å². The first-order valence-electron chi connectivity index (χ1n) is 11.3. The van der Waals surface area contributed by atoms with Crippen molar-refractivity contribution in [2.75, 3.05) is 5.73 Å². The number of aryl methyl sites for hydroxylation is 3. The van der Waals surface area contributed by atoms with Crippen LogP contribution < -0.4 is 10.9 Å². The van der Waals surface area contributed by atoms with Crippen molar-refractivity contribution in [1.29, 1.82) is 0 Å². The van der Waals surface area contributed by atoms with Crippen LogP contribution in [0.1, 0.15) is 31.3 Å². The van der Waals surface area contributed by atoms with Crippen molar-refractivity contribution in [3.63, 3.8) is 0 Å². The number of hydrogen-bond acceptors (Lipinski definition) is 6. The van der Waals surface area contributed by atoms with Gasteiger partial charge >= 0.3 is 0 Å². The molecular formula is C25H26N6O2S. The van der Waals surface area contributed by atoms with E-state index >= 15 is 0 Å². The van der Waals surface area contributed by atoms with Crippen LogP contribution in [-0.2, 0) is 29.4 Å². The number of sulfonamides is 1. The number of benzene rings is 2. The minimum atomic E-state index is -3.88. The predicted octanol–water partition coefficient (Wildman–Crippen LogP) is 3.95. The van der Waals surface area contributed by atoms with E-state index in [1.807, 2.05) is 42.5 Å². The molecule has 2 aromatic carbocycles. The van der Waals surface area contributed by atoms with Crippen LogP contribution in [0.15, 0.2) is 59.5 Å². The number of imidazole rings is 1. The standard InChI is InChI=1S/C25H26N6O2S/c1-2-3-11-21-30-23-24(18-8-4-5-9-19(18)29-25(23)26)31(21)15-14-17-13-12-16-7-6-10-20(22(16)28-17)34(27,32)33/h4-10,12-13H,2-3,11,14-15H2,1H3,(H2,26,29)(H2,27,32,33). The van der Waals surface area contributed by atoms with Crippen LogP contribution in [0.4, 0.5) is 5.82 Å². The SMILES string of the molecule is CCCCc1nc2c(N)nc3ccccc3c2n1CCc1ccc2cccc(S(N)(=O)=O)c2n1. The number of fused-ring (bicyclic) bond motifs is 4. The molecule has 174 valence electrons. The van der Waals surface area contributed by atoms with E-state index in [2.05, 4.69) is 21.5 Å². The van der Waals surface area contributed by atoms with Gasteiger partial charge in [-0.25, -0.2) is 23.5 Å². The van der Waals surface area contributed by atoms with Gasteiger partial charge in [0.15, 0.2) is 5.82 Å². The maximum Gasteiger partial charge on any atom is 0.240 e. The summed E-state index contributed by atoms with van der Waals surface area (Å²) in [6.45, 7) is 2.78. The van der Waals surface area contributed by atoms with Crippen molar-refractivity contribution in [2.24, 2.45) is 5.14 Å². The Bertz CT molecular complexity index is 1640. The zero-order valence-corrected chi connectivity index (χ0v) is 19.7. The van der Waals surface area contributed by atoms with Gasteiger partial charge in [0, 0.05) is 35.9 Å². The molecule has 0 unspecified atom stereocenters. The van der Waals surface area contributed by atoms with E-state index in [0.29, 0.717) is 29.8 Å². The molecule has 9 heteroatoms. The number of para-hydroxylation sites is 2. The molecule has 8 nitrogen and oxygen atoms in total. The van der Waals surface area contributed by atoms with Crippen molar-refractivity contribution in [1.82, 2.24) is 19.5 Å². The van der Waals surface area contributed by atoms with Gasteiger partial charge < -0.3 is 10.3 Å². The Morgan fingerprint density at radius 3 is 2.53 bits per heavy atom. The van der Waals surface area contributed by atoms with Gasteiger partial charge in [-0.3, -0.25) is 4.98 Å². The van der Waals surface area contributed by atoms with Gasteiger partial charge in [-0.05, 0) is 24.6 Å². The molecule has 3 heterocycles. The Hall–Kier alpha value is -3.56. The third kappa shape index (κ3) is 3.97. The molecule has 0 aliphatic heterocycles. The van der Waals surface area contributed by atoms with Crippen molar-refractivity contribution in [3.8, 4) is 0 Å². The lowest BCUT2D eigenvalue weighted by molar-refractivity contribution is 0.598. The quantitative estimate of drug-likeness (QED) is 0.367. The molecule has 34 heavy (non-hydrogen) atoms. The average Bonchev–Trinajstić information content (AvgIpc) is 3.19. The Balaban J connectivity index is 1.60. The zero-order chi connectivity index (χ0) is 23.9. The van der Waals surface area contributed by atoms with Gasteiger partial charge in [-0.1, -0.05) is 49.7 Å². The Morgan fingerprint density at radius 1 is 0.912 bits per heavy atom. The topological polar surface area (TPSA) is 130 Å². The molecule has 0 aliphatic carbocycles. The Labute approximate surface area is 197 Å². The van der Waals surface area contributed by atoms with Gasteiger partial charge in [0.2, 0.25) is 10.0 Å². The van der Waals surface area contributed by atoms with Crippen LogP contribution in [0, 0.1) is 0 Å². The molecule has 0 fully saturated rings. The lowest BCUT2D eigenvalue weighted by Gasteiger charge is -2.12. The van der Waals surface area contributed by atoms with Crippen molar-refractivity contribution in [3.05, 3.63) is 66.1 Å². The molecule has 5 rings (SSSR count). The van der Waals surface area contributed by atoms with Crippen molar-refractivity contribution < 1.29 is 8.42 Å². The first-order valence-corrected chi connectivity index (χ1v) is 12.9. The number of pyridine rings is 2. The third-order valence-corrected chi connectivity index (χ3v) is 7.02. The average molecular weight is 475 g/mol. The number of nitrogen functional groups attached to an aromatic ring is 1. The molecule has 0 aliphatic rings. The molecule has 5 aromatic rings. The summed E-state index contributed by atoms with van der Waals surface area (Å²) in [6.07, 6.45) is 3.50. The monoisotopic (exact) mass is 474 g/mol. The highest BCUT2D eigenvalue weighted by Crippen LogP contribution is 2.30. The summed E-state index contributed by atoms with van der Waals surface area (Å²) in [5.74, 6) is 1.39. The van der Waals surface area contributed by atoms with Crippen LogP contribution in [0.3, 0.4) is 0 Å². The zero-order valence-electron chi connectivity index (χ0n) is 18.9. The van der Waals surface area contributed by atoms with Crippen LogP contribution in [0.2, 0.25) is 0 Å². The van der Waals surface area contributed by atoms with Gasteiger partial charge in [0.1, 0.15) is 16.2 Å². The first-order chi connectivity index (χ1) is 16.4. The van der Waals surface area contributed by atoms with Crippen molar-refractivity contribution >= 4 is 48.7 Å². The van der Waals surface area contributed by atoms with Gasteiger partial charge in [-0.2, -0.15) is 0 Å². The van der Waals surface area contributed by atoms with E-state index in [-0.39, 0.29) is 4.90 Å². The van der Waals surface area contributed by atoms with E-state index in [0.717, 1.165) is 52.6 Å². The lowest BCUT2D eigenvalue weighted by Crippen LogP contribution is -2.13. The van der Waals surface area contributed by atoms with Gasteiger partial charge in [-0.15, -0.1) is 0 Å². The van der Waals surface area contributed by atoms with Crippen LogP contribution in [0.5, 0.6) is 0 Å². The second-order valence-corrected chi connectivity index (χ2v) is 9.95. The Kier molecular flexibility index (Phi) is 5.66. The predicted molar refractivity (Wildman–Crippen MR) is 135 cm³/mol. The fraction of sp³-hybridized carbons (Fsp3) is 0.240. The third-order valence-electron chi connectivity index (χ3n) is 6.08. The number of anilines is 1. The molecule has 4 N–H and O–H groups in total. The summed E-state index contributed by atoms with van der Waals surface area (Å²) < 4.78 is 26.3. The summed E-state index contributed by atoms with van der Waals surface area (Å²) in [5, 5.41) is 7.16. The van der Waals surface area contributed by atoms with E-state index in [1.165, 1.54) is 6.07 Å². The summed E-state index contributed by atoms with van der Waals surface area (Å²) in [6, 6.07) is 16.7. The maximum atomic E-state index is 12.1. The second kappa shape index (κ2) is 8.66. The molecule has 0 atom stereocenters. The second-order valence-electron chi connectivity index (χ2n) is 8.42. The number of hydrogen-bond donors (Lipinski definition) is 2. The highest BCUT2D eigenvalue weighted by Gasteiger charge is 2.18. The largest absolute Gasteiger partial charge is 0.382 e. The maximum absolute atomic E-state index is 12.1. The molecule has 0 spiro atoms. The molecule has 0 saturated carbocycles. The fourth-order valence-electron chi connectivity index (χ4n) is 4.43. The molecular weight excluding hydrogens is 448 g/mol. The highest BCUT2D eigenvalue weighted by atomic mass is 32.2. The van der Waals surface area contributed by atoms with E-state index in [1.54, 1.807) is 6.07 Å². The van der Waals surface area contributed by atoms with E-state index < -0.39 is 10.0 Å². The smallest absolute Gasteiger partial charge is 0.240 e. The summed E-state index contributed by atoms with van der Waals surface area (Å²) >= 11 is 0. The van der Waals surface area contributed by atoms with E-state index in [4.69, 9.17) is 15.9 Å². The van der Waals surface area contributed by atoms with Crippen LogP contribution in [0.25, 0.3) is 32.8 Å². The van der Waals surface area contributed by atoms with Gasteiger partial charge in [0.05, 0.1) is 16.6 Å². The lowest BCUT2D eigenvalue weighted by atomic mass is 10.1. The van der Waals surface area contributed by atoms with Crippen LogP contribution in [-0.4, -0.2) is 27.9 Å². The highest BCUT2D eigenvalue weighted by molar-refractivity contribution is 7.89. The Morgan fingerprint density at radius 2 is 1.74 bits per heavy atom. The van der Waals surface area contributed by atoms with Gasteiger partial charge in [0.25, 0.3) is 0 Å². The van der Waals surface area contributed by atoms with Crippen molar-refractivity contribution in [2.45, 2.75) is 44.0 Å². The summed E-state index contributed by atoms with van der Waals surface area (Å²) in [7, 11) is -3.88. The molecule has 3 aromatic heterocycles. The molecule has 0 saturated heterocycles. The number of nitrogens with zero attached hydrogens (tertiary/aromatic N) is 4. The normalized spacial score (nSPS) is 12.2. The fourth-order valence-corrected chi connectivity index (χ4v) is 5.13. The minimum Gasteiger partial charge on any atom is -0.382 e. The summed E-state index contributed by atoms with van der Waals surface area (Å²) in [4.78, 5) is 14.1.